The lowest BCUT2D eigenvalue weighted by Gasteiger charge is -2.12. The molecule has 2 aromatic carbocycles. The highest BCUT2D eigenvalue weighted by atomic mass is 16.5. The third-order valence-corrected chi connectivity index (χ3v) is 2.68. The van der Waals surface area contributed by atoms with E-state index in [1.807, 2.05) is 50.2 Å². The molecule has 2 nitrogen and oxygen atoms in total. The molecule has 2 heteroatoms. The van der Waals surface area contributed by atoms with Crippen molar-refractivity contribution in [2.24, 2.45) is 0 Å². The number of hydrogen-bond acceptors (Lipinski definition) is 2. The second-order valence-electron chi connectivity index (χ2n) is 4.02. The van der Waals surface area contributed by atoms with E-state index in [4.69, 9.17) is 10.5 Å². The van der Waals surface area contributed by atoms with Gasteiger partial charge in [-0.1, -0.05) is 30.3 Å². The van der Waals surface area contributed by atoms with E-state index in [0.29, 0.717) is 6.61 Å². The Bertz CT molecular complexity index is 520. The fourth-order valence-corrected chi connectivity index (χ4v) is 1.90. The smallest absolute Gasteiger partial charge is 0.127 e. The first-order valence-electron chi connectivity index (χ1n) is 5.80. The van der Waals surface area contributed by atoms with Crippen molar-refractivity contribution in [3.63, 3.8) is 0 Å². The van der Waals surface area contributed by atoms with Crippen molar-refractivity contribution < 1.29 is 4.74 Å². The minimum absolute atomic E-state index is 0.656. The topological polar surface area (TPSA) is 35.2 Å². The van der Waals surface area contributed by atoms with E-state index in [0.717, 1.165) is 22.6 Å². The van der Waals surface area contributed by atoms with Crippen molar-refractivity contribution in [1.82, 2.24) is 0 Å². The summed E-state index contributed by atoms with van der Waals surface area (Å²) in [6.45, 7) is 4.67. The lowest BCUT2D eigenvalue weighted by atomic mass is 10.0. The zero-order valence-electron chi connectivity index (χ0n) is 10.2. The molecule has 0 amide bonds. The Hall–Kier alpha value is -1.96. The van der Waals surface area contributed by atoms with Gasteiger partial charge in [0, 0.05) is 16.8 Å². The van der Waals surface area contributed by atoms with Gasteiger partial charge in [-0.15, -0.1) is 0 Å². The Labute approximate surface area is 102 Å². The van der Waals surface area contributed by atoms with E-state index in [1.165, 1.54) is 5.56 Å². The maximum Gasteiger partial charge on any atom is 0.127 e. The molecule has 2 rings (SSSR count). The molecule has 88 valence electrons. The highest BCUT2D eigenvalue weighted by Gasteiger charge is 2.08. The Morgan fingerprint density at radius 3 is 2.53 bits per heavy atom. The van der Waals surface area contributed by atoms with Crippen LogP contribution in [0.1, 0.15) is 12.5 Å². The second-order valence-corrected chi connectivity index (χ2v) is 4.02. The van der Waals surface area contributed by atoms with Crippen LogP contribution in [0.25, 0.3) is 11.1 Å². The number of anilines is 1. The van der Waals surface area contributed by atoms with Crippen molar-refractivity contribution in [3.05, 3.63) is 48.0 Å². The first-order valence-corrected chi connectivity index (χ1v) is 5.80. The van der Waals surface area contributed by atoms with Crippen LogP contribution in [0.15, 0.2) is 42.5 Å². The van der Waals surface area contributed by atoms with E-state index < -0.39 is 0 Å². The molecule has 2 N–H and O–H groups in total. The molecule has 0 unspecified atom stereocenters. The zero-order valence-corrected chi connectivity index (χ0v) is 10.2. The highest BCUT2D eigenvalue weighted by Crippen LogP contribution is 2.33. The molecule has 0 aliphatic heterocycles. The van der Waals surface area contributed by atoms with Crippen molar-refractivity contribution >= 4 is 5.69 Å². The average Bonchev–Trinajstić information content (AvgIpc) is 2.31. The van der Waals surface area contributed by atoms with Gasteiger partial charge in [-0.25, -0.2) is 0 Å². The Balaban J connectivity index is 2.52. The number of para-hydroxylation sites is 1. The molecule has 0 aliphatic carbocycles. The lowest BCUT2D eigenvalue weighted by molar-refractivity contribution is 0.341. The van der Waals surface area contributed by atoms with E-state index in [-0.39, 0.29) is 0 Å². The van der Waals surface area contributed by atoms with Gasteiger partial charge in [0.15, 0.2) is 0 Å². The summed E-state index contributed by atoms with van der Waals surface area (Å²) >= 11 is 0. The van der Waals surface area contributed by atoms with Crippen molar-refractivity contribution in [3.8, 4) is 16.9 Å². The fourth-order valence-electron chi connectivity index (χ4n) is 1.90. The summed E-state index contributed by atoms with van der Waals surface area (Å²) in [4.78, 5) is 0. The van der Waals surface area contributed by atoms with Crippen LogP contribution in [-0.2, 0) is 0 Å². The zero-order chi connectivity index (χ0) is 12.3. The molecule has 0 aliphatic rings. The van der Waals surface area contributed by atoms with Gasteiger partial charge in [0.05, 0.1) is 6.61 Å². The summed E-state index contributed by atoms with van der Waals surface area (Å²) in [6, 6.07) is 14.1. The van der Waals surface area contributed by atoms with Crippen LogP contribution in [0.5, 0.6) is 5.75 Å². The Morgan fingerprint density at radius 1 is 1.06 bits per heavy atom. The molecule has 0 bridgehead atoms. The van der Waals surface area contributed by atoms with E-state index in [1.54, 1.807) is 0 Å². The van der Waals surface area contributed by atoms with Crippen molar-refractivity contribution in [2.75, 3.05) is 12.3 Å². The molecule has 17 heavy (non-hydrogen) atoms. The summed E-state index contributed by atoms with van der Waals surface area (Å²) in [5, 5.41) is 0. The van der Waals surface area contributed by atoms with Gasteiger partial charge in [0.2, 0.25) is 0 Å². The Kier molecular flexibility index (Phi) is 3.33. The number of hydrogen-bond donors (Lipinski definition) is 1. The van der Waals surface area contributed by atoms with Crippen LogP contribution in [0.4, 0.5) is 5.69 Å². The van der Waals surface area contributed by atoms with Gasteiger partial charge < -0.3 is 10.5 Å². The number of aryl methyl sites for hydroxylation is 1. The first kappa shape index (κ1) is 11.5. The molecule has 0 saturated heterocycles. The number of benzene rings is 2. The number of rotatable bonds is 3. The summed E-state index contributed by atoms with van der Waals surface area (Å²) in [7, 11) is 0. The quantitative estimate of drug-likeness (QED) is 0.812. The summed E-state index contributed by atoms with van der Waals surface area (Å²) in [6.07, 6.45) is 0. The van der Waals surface area contributed by atoms with Gasteiger partial charge in [-0.3, -0.25) is 0 Å². The number of ether oxygens (including phenoxy) is 1. The second kappa shape index (κ2) is 4.91. The molecule has 0 aromatic heterocycles. The van der Waals surface area contributed by atoms with E-state index in [2.05, 4.69) is 6.07 Å². The fraction of sp³-hybridized carbons (Fsp3) is 0.200. The minimum atomic E-state index is 0.656. The van der Waals surface area contributed by atoms with Crippen LogP contribution in [0, 0.1) is 6.92 Å². The SMILES string of the molecule is CCOc1ccccc1-c1ccc(C)cc1N. The normalized spacial score (nSPS) is 10.2. The predicted octanol–water partition coefficient (Wildman–Crippen LogP) is 3.64. The molecular weight excluding hydrogens is 210 g/mol. The van der Waals surface area contributed by atoms with Gasteiger partial charge in [0.25, 0.3) is 0 Å². The minimum Gasteiger partial charge on any atom is -0.493 e. The number of nitrogen functional groups attached to an aromatic ring is 1. The predicted molar refractivity (Wildman–Crippen MR) is 72.2 cm³/mol. The highest BCUT2D eigenvalue weighted by molar-refractivity contribution is 5.80. The first-order chi connectivity index (χ1) is 8.22. The van der Waals surface area contributed by atoms with E-state index >= 15 is 0 Å². The molecule has 0 fully saturated rings. The molecule has 0 spiro atoms. The van der Waals surface area contributed by atoms with Crippen molar-refractivity contribution in [2.45, 2.75) is 13.8 Å². The number of nitrogens with two attached hydrogens (primary N) is 1. The summed E-state index contributed by atoms with van der Waals surface area (Å²) in [5.74, 6) is 0.880. The van der Waals surface area contributed by atoms with Gasteiger partial charge in [-0.05, 0) is 31.5 Å². The summed E-state index contributed by atoms with van der Waals surface area (Å²) < 4.78 is 5.62. The molecule has 2 aromatic rings. The third kappa shape index (κ3) is 2.41. The lowest BCUT2D eigenvalue weighted by Crippen LogP contribution is -1.96. The monoisotopic (exact) mass is 227 g/mol. The molecular formula is C15H17NO. The van der Waals surface area contributed by atoms with Crippen LogP contribution < -0.4 is 10.5 Å². The van der Waals surface area contributed by atoms with Gasteiger partial charge in [0.1, 0.15) is 5.75 Å². The maximum absolute atomic E-state index is 6.06. The van der Waals surface area contributed by atoms with Crippen LogP contribution >= 0.6 is 0 Å². The Morgan fingerprint density at radius 2 is 1.82 bits per heavy atom. The van der Waals surface area contributed by atoms with E-state index in [9.17, 15) is 0 Å². The summed E-state index contributed by atoms with van der Waals surface area (Å²) in [5.41, 5.74) is 10.1. The average molecular weight is 227 g/mol. The van der Waals surface area contributed by atoms with Gasteiger partial charge in [-0.2, -0.15) is 0 Å². The molecule has 0 heterocycles. The van der Waals surface area contributed by atoms with Gasteiger partial charge >= 0.3 is 0 Å². The largest absolute Gasteiger partial charge is 0.493 e. The van der Waals surface area contributed by atoms with Crippen LogP contribution in [0.2, 0.25) is 0 Å². The molecule has 0 radical (unpaired) electrons. The third-order valence-electron chi connectivity index (χ3n) is 2.68. The van der Waals surface area contributed by atoms with Crippen LogP contribution in [-0.4, -0.2) is 6.61 Å². The molecule has 0 saturated carbocycles. The molecule has 0 atom stereocenters. The maximum atomic E-state index is 6.06. The van der Waals surface area contributed by atoms with Crippen LogP contribution in [0.3, 0.4) is 0 Å². The standard InChI is InChI=1S/C15H17NO/c1-3-17-15-7-5-4-6-13(15)12-9-8-11(2)10-14(12)16/h4-10H,3,16H2,1-2H3. The van der Waals surface area contributed by atoms with Crippen molar-refractivity contribution in [1.29, 1.82) is 0 Å².